The Morgan fingerprint density at radius 3 is 2.58 bits per heavy atom. The van der Waals surface area contributed by atoms with Crippen molar-refractivity contribution in [1.29, 1.82) is 0 Å². The smallest absolute Gasteiger partial charge is 0.475 e. The number of carbonyl (C=O) groups excluding carboxylic acids is 1. The summed E-state index contributed by atoms with van der Waals surface area (Å²) in [4.78, 5) is 23.5. The number of likely N-dealkylation sites (tertiary alicyclic amines) is 1. The standard InChI is InChI=1S/C18H27N3O3.C2HF3O2/c1-12-4-16(20-24-12)8-21-7-15-11-23-10-14(17(15)9-21)5-18(22)19-6-13-2-3-13;3-2(4,5)1(6)7/h4,13-15,17H,2-3,5-11H2,1H3,(H,19,22);(H,6,7)/t14-,15-,17+;/m1./s1. The number of rotatable bonds is 6. The molecule has 2 N–H and O–H groups in total. The quantitative estimate of drug-likeness (QED) is 0.689. The Bertz CT molecular complexity index is 765. The van der Waals surface area contributed by atoms with Crippen LogP contribution in [0.1, 0.15) is 30.7 Å². The topological polar surface area (TPSA) is 105 Å². The molecule has 8 nitrogen and oxygen atoms in total. The lowest BCUT2D eigenvalue weighted by molar-refractivity contribution is -0.192. The molecule has 1 aliphatic carbocycles. The number of ether oxygens (including phenoxy) is 1. The predicted molar refractivity (Wildman–Crippen MR) is 102 cm³/mol. The van der Waals surface area contributed by atoms with Gasteiger partial charge in [-0.1, -0.05) is 5.16 Å². The molecule has 0 radical (unpaired) electrons. The summed E-state index contributed by atoms with van der Waals surface area (Å²) in [5.41, 5.74) is 0.991. The molecule has 2 saturated heterocycles. The third kappa shape index (κ3) is 7.20. The Morgan fingerprint density at radius 2 is 2.00 bits per heavy atom. The van der Waals surface area contributed by atoms with Gasteiger partial charge in [0.25, 0.3) is 0 Å². The van der Waals surface area contributed by atoms with Gasteiger partial charge in [0.2, 0.25) is 5.91 Å². The largest absolute Gasteiger partial charge is 0.490 e. The molecule has 174 valence electrons. The first-order valence-electron chi connectivity index (χ1n) is 10.4. The zero-order valence-electron chi connectivity index (χ0n) is 17.4. The summed E-state index contributed by atoms with van der Waals surface area (Å²) < 4.78 is 42.7. The van der Waals surface area contributed by atoms with Crippen molar-refractivity contribution in [2.75, 3.05) is 32.8 Å². The van der Waals surface area contributed by atoms with Gasteiger partial charge in [0.15, 0.2) is 0 Å². The fraction of sp³-hybridized carbons (Fsp3) is 0.750. The predicted octanol–water partition coefficient (Wildman–Crippen LogP) is 2.23. The highest BCUT2D eigenvalue weighted by molar-refractivity contribution is 5.76. The minimum absolute atomic E-state index is 0.196. The Labute approximate surface area is 178 Å². The number of hydrogen-bond donors (Lipinski definition) is 2. The molecule has 1 amide bonds. The van der Waals surface area contributed by atoms with Crippen molar-refractivity contribution in [3.63, 3.8) is 0 Å². The van der Waals surface area contributed by atoms with Crippen molar-refractivity contribution in [3.8, 4) is 0 Å². The van der Waals surface area contributed by atoms with Crippen LogP contribution in [0.15, 0.2) is 10.6 Å². The van der Waals surface area contributed by atoms with Crippen molar-refractivity contribution in [2.24, 2.45) is 23.7 Å². The van der Waals surface area contributed by atoms with Gasteiger partial charge in [0.1, 0.15) is 5.76 Å². The summed E-state index contributed by atoms with van der Waals surface area (Å²) in [5, 5.41) is 14.3. The third-order valence-corrected chi connectivity index (χ3v) is 5.87. The number of nitrogens with one attached hydrogen (secondary N) is 1. The van der Waals surface area contributed by atoms with E-state index in [-0.39, 0.29) is 5.91 Å². The van der Waals surface area contributed by atoms with E-state index in [4.69, 9.17) is 19.2 Å². The average molecular weight is 447 g/mol. The molecule has 0 spiro atoms. The van der Waals surface area contributed by atoms with Crippen LogP contribution < -0.4 is 5.32 Å². The van der Waals surface area contributed by atoms with E-state index in [1.807, 2.05) is 13.0 Å². The second-order valence-electron chi connectivity index (χ2n) is 8.60. The Hall–Kier alpha value is -2.14. The lowest BCUT2D eigenvalue weighted by Gasteiger charge is -2.32. The molecule has 0 bridgehead atoms. The number of carbonyl (C=O) groups is 2. The Balaban J connectivity index is 0.000000339. The molecule has 0 unspecified atom stereocenters. The molecule has 3 atom stereocenters. The van der Waals surface area contributed by atoms with E-state index in [0.717, 1.165) is 56.8 Å². The van der Waals surface area contributed by atoms with E-state index in [9.17, 15) is 18.0 Å². The van der Waals surface area contributed by atoms with E-state index >= 15 is 0 Å². The monoisotopic (exact) mass is 447 g/mol. The first-order chi connectivity index (χ1) is 14.6. The molecule has 1 aromatic heterocycles. The number of nitrogens with zero attached hydrogens (tertiary/aromatic N) is 2. The van der Waals surface area contributed by atoms with Crippen molar-refractivity contribution in [3.05, 3.63) is 17.5 Å². The van der Waals surface area contributed by atoms with Crippen molar-refractivity contribution in [2.45, 2.75) is 38.9 Å². The van der Waals surface area contributed by atoms with Crippen LogP contribution >= 0.6 is 0 Å². The highest BCUT2D eigenvalue weighted by atomic mass is 19.4. The summed E-state index contributed by atoms with van der Waals surface area (Å²) >= 11 is 0. The maximum Gasteiger partial charge on any atom is 0.490 e. The molecular formula is C20H28F3N3O5. The van der Waals surface area contributed by atoms with Crippen molar-refractivity contribution in [1.82, 2.24) is 15.4 Å². The van der Waals surface area contributed by atoms with Crippen LogP contribution in [-0.4, -0.2) is 66.1 Å². The molecular weight excluding hydrogens is 419 g/mol. The molecule has 3 fully saturated rings. The highest BCUT2D eigenvalue weighted by Gasteiger charge is 2.41. The van der Waals surface area contributed by atoms with Crippen molar-refractivity contribution >= 4 is 11.9 Å². The van der Waals surface area contributed by atoms with Crippen LogP contribution in [0.25, 0.3) is 0 Å². The molecule has 3 heterocycles. The number of amides is 1. The molecule has 31 heavy (non-hydrogen) atoms. The number of carboxylic acids is 1. The van der Waals surface area contributed by atoms with Crippen LogP contribution in [-0.2, 0) is 20.9 Å². The second-order valence-corrected chi connectivity index (χ2v) is 8.60. The van der Waals surface area contributed by atoms with Gasteiger partial charge in [-0.05, 0) is 43.4 Å². The average Bonchev–Trinajstić information content (AvgIpc) is 3.29. The first kappa shape index (κ1) is 23.5. The number of hydrogen-bond acceptors (Lipinski definition) is 6. The van der Waals surface area contributed by atoms with E-state index in [1.54, 1.807) is 0 Å². The molecule has 2 aliphatic heterocycles. The van der Waals surface area contributed by atoms with Gasteiger partial charge in [-0.25, -0.2) is 4.79 Å². The summed E-state index contributed by atoms with van der Waals surface area (Å²) in [5.74, 6) is 0.458. The van der Waals surface area contributed by atoms with Gasteiger partial charge >= 0.3 is 12.1 Å². The first-order valence-corrected chi connectivity index (χ1v) is 10.4. The van der Waals surface area contributed by atoms with Gasteiger partial charge in [-0.15, -0.1) is 0 Å². The Kier molecular flexibility index (Phi) is 7.58. The number of aliphatic carboxylic acids is 1. The number of aromatic nitrogens is 1. The summed E-state index contributed by atoms with van der Waals surface area (Å²) in [7, 11) is 0. The van der Waals surface area contributed by atoms with Gasteiger partial charge in [0, 0.05) is 38.7 Å². The summed E-state index contributed by atoms with van der Waals surface area (Å²) in [6, 6.07) is 2.00. The highest BCUT2D eigenvalue weighted by Crippen LogP contribution is 2.36. The normalized spacial score (nSPS) is 26.0. The van der Waals surface area contributed by atoms with E-state index in [1.165, 1.54) is 12.8 Å². The molecule has 1 saturated carbocycles. The van der Waals surface area contributed by atoms with Gasteiger partial charge < -0.3 is 19.7 Å². The maximum absolute atomic E-state index is 12.2. The molecule has 0 aromatic carbocycles. The number of halogens is 3. The van der Waals surface area contributed by atoms with Crippen LogP contribution in [0.4, 0.5) is 13.2 Å². The Morgan fingerprint density at radius 1 is 1.29 bits per heavy atom. The van der Waals surface area contributed by atoms with Crippen LogP contribution in [0, 0.1) is 30.6 Å². The lowest BCUT2D eigenvalue weighted by atomic mass is 9.81. The molecule has 11 heteroatoms. The minimum Gasteiger partial charge on any atom is -0.475 e. The number of aryl methyl sites for hydroxylation is 1. The number of alkyl halides is 3. The zero-order chi connectivity index (χ0) is 22.6. The SMILES string of the molecule is Cc1cc(CN2C[C@@H]3COC[C@@H](CC(=O)NCC4CC4)[C@@H]3C2)no1.O=C(O)C(F)(F)F. The van der Waals surface area contributed by atoms with E-state index in [0.29, 0.717) is 24.2 Å². The number of carboxylic acid groups (broad SMARTS) is 1. The molecule has 1 aromatic rings. The summed E-state index contributed by atoms with van der Waals surface area (Å²) in [6.07, 6.45) is -1.94. The zero-order valence-corrected chi connectivity index (χ0v) is 17.4. The molecule has 3 aliphatic rings. The van der Waals surface area contributed by atoms with Crippen LogP contribution in [0.2, 0.25) is 0 Å². The van der Waals surface area contributed by atoms with Gasteiger partial charge in [-0.3, -0.25) is 9.69 Å². The lowest BCUT2D eigenvalue weighted by Crippen LogP contribution is -2.38. The van der Waals surface area contributed by atoms with Gasteiger partial charge in [0.05, 0.1) is 18.9 Å². The second kappa shape index (κ2) is 9.99. The fourth-order valence-electron chi connectivity index (χ4n) is 4.14. The molecule has 4 rings (SSSR count). The van der Waals surface area contributed by atoms with Gasteiger partial charge in [-0.2, -0.15) is 13.2 Å². The minimum atomic E-state index is -5.08. The fourth-order valence-corrected chi connectivity index (χ4v) is 4.14. The van der Waals surface area contributed by atoms with Crippen molar-refractivity contribution < 1.29 is 37.1 Å². The summed E-state index contributed by atoms with van der Waals surface area (Å²) in [6.45, 7) is 7.19. The number of fused-ring (bicyclic) bond motifs is 1. The van der Waals surface area contributed by atoms with Crippen LogP contribution in [0.3, 0.4) is 0 Å². The van der Waals surface area contributed by atoms with E-state index in [2.05, 4.69) is 15.4 Å². The third-order valence-electron chi connectivity index (χ3n) is 5.87. The van der Waals surface area contributed by atoms with Crippen LogP contribution in [0.5, 0.6) is 0 Å². The van der Waals surface area contributed by atoms with E-state index < -0.39 is 12.1 Å². The maximum atomic E-state index is 12.2.